The number of nitrogens with two attached hydrogens (primary N) is 1. The maximum Gasteiger partial charge on any atom is 0.218 e. The van der Waals surface area contributed by atoms with E-state index in [1.54, 1.807) is 0 Å². The van der Waals surface area contributed by atoms with Crippen molar-refractivity contribution in [2.24, 2.45) is 17.6 Å². The Morgan fingerprint density at radius 1 is 1.46 bits per heavy atom. The standard InChI is InChI=1S/C10H17NO2/c11-10(13)6-9(7-12)5-8-3-1-2-4-8/h7-9H,1-6H2,(H2,11,13). The first-order valence-corrected chi connectivity index (χ1v) is 4.96. The van der Waals surface area contributed by atoms with Gasteiger partial charge < -0.3 is 10.5 Å². The van der Waals surface area contributed by atoms with Crippen LogP contribution in [0, 0.1) is 11.8 Å². The zero-order valence-electron chi connectivity index (χ0n) is 7.87. The minimum Gasteiger partial charge on any atom is -0.370 e. The van der Waals surface area contributed by atoms with Crippen molar-refractivity contribution in [3.8, 4) is 0 Å². The molecule has 3 nitrogen and oxygen atoms in total. The summed E-state index contributed by atoms with van der Waals surface area (Å²) >= 11 is 0. The van der Waals surface area contributed by atoms with Gasteiger partial charge in [0.25, 0.3) is 0 Å². The number of hydrogen-bond donors (Lipinski definition) is 1. The molecule has 1 aliphatic carbocycles. The van der Waals surface area contributed by atoms with Crippen molar-refractivity contribution in [2.75, 3.05) is 0 Å². The topological polar surface area (TPSA) is 60.2 Å². The molecule has 1 atom stereocenters. The van der Waals surface area contributed by atoms with Crippen molar-refractivity contribution in [1.29, 1.82) is 0 Å². The summed E-state index contributed by atoms with van der Waals surface area (Å²) in [6.45, 7) is 0. The molecule has 0 aromatic rings. The molecule has 0 heterocycles. The Morgan fingerprint density at radius 3 is 2.54 bits per heavy atom. The number of aldehydes is 1. The summed E-state index contributed by atoms with van der Waals surface area (Å²) in [5.41, 5.74) is 5.05. The molecule has 1 saturated carbocycles. The second-order valence-corrected chi connectivity index (χ2v) is 3.95. The van der Waals surface area contributed by atoms with Gasteiger partial charge in [0.2, 0.25) is 5.91 Å². The van der Waals surface area contributed by atoms with E-state index in [1.165, 1.54) is 25.7 Å². The Balaban J connectivity index is 2.29. The first-order valence-electron chi connectivity index (χ1n) is 4.96. The van der Waals surface area contributed by atoms with Gasteiger partial charge in [0.1, 0.15) is 6.29 Å². The summed E-state index contributed by atoms with van der Waals surface area (Å²) in [4.78, 5) is 21.2. The summed E-state index contributed by atoms with van der Waals surface area (Å²) in [6.07, 6.45) is 6.92. The van der Waals surface area contributed by atoms with E-state index in [1.807, 2.05) is 0 Å². The van der Waals surface area contributed by atoms with Crippen LogP contribution < -0.4 is 5.73 Å². The first-order chi connectivity index (χ1) is 6.22. The van der Waals surface area contributed by atoms with Gasteiger partial charge in [-0.3, -0.25) is 4.79 Å². The summed E-state index contributed by atoms with van der Waals surface area (Å²) < 4.78 is 0. The largest absolute Gasteiger partial charge is 0.370 e. The number of carbonyl (C=O) groups is 2. The molecule has 13 heavy (non-hydrogen) atoms. The molecule has 3 heteroatoms. The lowest BCUT2D eigenvalue weighted by Gasteiger charge is -2.12. The molecule has 2 N–H and O–H groups in total. The van der Waals surface area contributed by atoms with Crippen molar-refractivity contribution in [3.05, 3.63) is 0 Å². The molecule has 0 aliphatic heterocycles. The fourth-order valence-corrected chi connectivity index (χ4v) is 2.12. The number of rotatable bonds is 5. The van der Waals surface area contributed by atoms with Gasteiger partial charge in [-0.05, 0) is 12.3 Å². The van der Waals surface area contributed by atoms with Crippen LogP contribution in [0.5, 0.6) is 0 Å². The summed E-state index contributed by atoms with van der Waals surface area (Å²) in [5.74, 6) is 0.144. The summed E-state index contributed by atoms with van der Waals surface area (Å²) in [5, 5.41) is 0. The van der Waals surface area contributed by atoms with Crippen LogP contribution in [0.4, 0.5) is 0 Å². The monoisotopic (exact) mass is 183 g/mol. The highest BCUT2D eigenvalue weighted by Crippen LogP contribution is 2.30. The first kappa shape index (κ1) is 10.2. The molecular formula is C10H17NO2. The fourth-order valence-electron chi connectivity index (χ4n) is 2.12. The molecule has 74 valence electrons. The van der Waals surface area contributed by atoms with Crippen molar-refractivity contribution < 1.29 is 9.59 Å². The Hall–Kier alpha value is -0.860. The molecule has 0 aromatic carbocycles. The predicted octanol–water partition coefficient (Wildman–Crippen LogP) is 1.26. The van der Waals surface area contributed by atoms with Crippen LogP contribution in [0.3, 0.4) is 0 Å². The van der Waals surface area contributed by atoms with Crippen LogP contribution in [0.15, 0.2) is 0 Å². The van der Waals surface area contributed by atoms with Crippen LogP contribution in [-0.2, 0) is 9.59 Å². The Labute approximate surface area is 78.7 Å². The second kappa shape index (κ2) is 5.00. The number of amides is 1. The lowest BCUT2D eigenvalue weighted by atomic mass is 9.92. The molecule has 0 saturated heterocycles. The van der Waals surface area contributed by atoms with Gasteiger partial charge in [-0.1, -0.05) is 25.7 Å². The Bertz CT molecular complexity index is 185. The average molecular weight is 183 g/mol. The van der Waals surface area contributed by atoms with E-state index < -0.39 is 0 Å². The number of hydrogen-bond acceptors (Lipinski definition) is 2. The summed E-state index contributed by atoms with van der Waals surface area (Å²) in [6, 6.07) is 0. The van der Waals surface area contributed by atoms with Crippen molar-refractivity contribution >= 4 is 12.2 Å². The van der Waals surface area contributed by atoms with Crippen LogP contribution in [0.2, 0.25) is 0 Å². The molecule has 1 aliphatic rings. The highest BCUT2D eigenvalue weighted by molar-refractivity contribution is 5.77. The average Bonchev–Trinajstić information content (AvgIpc) is 2.55. The fraction of sp³-hybridized carbons (Fsp3) is 0.800. The van der Waals surface area contributed by atoms with Crippen molar-refractivity contribution in [3.63, 3.8) is 0 Å². The summed E-state index contributed by atoms with van der Waals surface area (Å²) in [7, 11) is 0. The molecule has 0 radical (unpaired) electrons. The van der Waals surface area contributed by atoms with E-state index in [0.29, 0.717) is 5.92 Å². The molecular weight excluding hydrogens is 166 g/mol. The van der Waals surface area contributed by atoms with Crippen LogP contribution in [0.25, 0.3) is 0 Å². The van der Waals surface area contributed by atoms with Gasteiger partial charge in [-0.25, -0.2) is 0 Å². The SMILES string of the molecule is NC(=O)CC(C=O)CC1CCCC1. The quantitative estimate of drug-likeness (QED) is 0.652. The van der Waals surface area contributed by atoms with Gasteiger partial charge in [-0.2, -0.15) is 0 Å². The Morgan fingerprint density at radius 2 is 2.08 bits per heavy atom. The molecule has 0 spiro atoms. The second-order valence-electron chi connectivity index (χ2n) is 3.95. The maximum atomic E-state index is 10.6. The highest BCUT2D eigenvalue weighted by Gasteiger charge is 2.20. The zero-order chi connectivity index (χ0) is 9.68. The molecule has 0 bridgehead atoms. The number of carbonyl (C=O) groups excluding carboxylic acids is 2. The van der Waals surface area contributed by atoms with Crippen molar-refractivity contribution in [1.82, 2.24) is 0 Å². The predicted molar refractivity (Wildman–Crippen MR) is 49.9 cm³/mol. The highest BCUT2D eigenvalue weighted by atomic mass is 16.1. The van der Waals surface area contributed by atoms with E-state index in [4.69, 9.17) is 5.73 Å². The smallest absolute Gasteiger partial charge is 0.218 e. The Kier molecular flexibility index (Phi) is 3.93. The van der Waals surface area contributed by atoms with Gasteiger partial charge in [0, 0.05) is 12.3 Å². The third-order valence-corrected chi connectivity index (χ3v) is 2.77. The molecule has 1 unspecified atom stereocenters. The van der Waals surface area contributed by atoms with E-state index in [9.17, 15) is 9.59 Å². The van der Waals surface area contributed by atoms with Gasteiger partial charge in [0.15, 0.2) is 0 Å². The van der Waals surface area contributed by atoms with Crippen LogP contribution >= 0.6 is 0 Å². The van der Waals surface area contributed by atoms with Crippen LogP contribution in [0.1, 0.15) is 38.5 Å². The third kappa shape index (κ3) is 3.57. The number of primary amides is 1. The molecule has 1 fully saturated rings. The normalized spacial score (nSPS) is 20.0. The maximum absolute atomic E-state index is 10.6. The van der Waals surface area contributed by atoms with E-state index in [0.717, 1.165) is 12.7 Å². The zero-order valence-corrected chi connectivity index (χ0v) is 7.87. The third-order valence-electron chi connectivity index (χ3n) is 2.77. The lowest BCUT2D eigenvalue weighted by Crippen LogP contribution is -2.19. The molecule has 1 rings (SSSR count). The van der Waals surface area contributed by atoms with E-state index in [-0.39, 0.29) is 18.2 Å². The molecule has 0 aromatic heterocycles. The lowest BCUT2D eigenvalue weighted by molar-refractivity contribution is -0.122. The van der Waals surface area contributed by atoms with Crippen molar-refractivity contribution in [2.45, 2.75) is 38.5 Å². The van der Waals surface area contributed by atoms with Gasteiger partial charge in [-0.15, -0.1) is 0 Å². The van der Waals surface area contributed by atoms with Gasteiger partial charge >= 0.3 is 0 Å². The molecule has 1 amide bonds. The van der Waals surface area contributed by atoms with E-state index in [2.05, 4.69) is 0 Å². The van der Waals surface area contributed by atoms with E-state index >= 15 is 0 Å². The minimum absolute atomic E-state index is 0.138. The van der Waals surface area contributed by atoms with Gasteiger partial charge in [0.05, 0.1) is 0 Å². The van der Waals surface area contributed by atoms with Crippen LogP contribution in [-0.4, -0.2) is 12.2 Å². The minimum atomic E-state index is -0.366.